The molecule has 1 aliphatic rings. The summed E-state index contributed by atoms with van der Waals surface area (Å²) in [5.41, 5.74) is 4.44. The van der Waals surface area contributed by atoms with Crippen molar-refractivity contribution >= 4 is 22.6 Å². The smallest absolute Gasteiger partial charge is 0.274 e. The number of hydrogen-bond acceptors (Lipinski definition) is 4. The molecule has 0 bridgehead atoms. The lowest BCUT2D eigenvalue weighted by atomic mass is 10.1. The maximum absolute atomic E-state index is 12.5. The van der Waals surface area contributed by atoms with Crippen molar-refractivity contribution in [2.75, 3.05) is 6.61 Å². The van der Waals surface area contributed by atoms with Crippen LogP contribution in [-0.2, 0) is 16.1 Å². The third kappa shape index (κ3) is 5.03. The normalized spacial score (nSPS) is 16.2. The summed E-state index contributed by atoms with van der Waals surface area (Å²) < 4.78 is 5.42. The van der Waals surface area contributed by atoms with Crippen LogP contribution in [0.15, 0.2) is 66.7 Å². The van der Waals surface area contributed by atoms with Crippen LogP contribution in [0.25, 0.3) is 10.8 Å². The number of benzene rings is 3. The van der Waals surface area contributed by atoms with E-state index in [2.05, 4.69) is 10.8 Å². The zero-order valence-electron chi connectivity index (χ0n) is 16.6. The molecule has 154 valence electrons. The lowest BCUT2D eigenvalue weighted by Crippen LogP contribution is -2.33. The zero-order valence-corrected chi connectivity index (χ0v) is 16.6. The molecule has 3 aromatic carbocycles. The van der Waals surface area contributed by atoms with Crippen LogP contribution in [0.5, 0.6) is 0 Å². The van der Waals surface area contributed by atoms with Crippen molar-refractivity contribution in [1.82, 2.24) is 10.8 Å². The number of hydroxylamine groups is 1. The van der Waals surface area contributed by atoms with E-state index in [1.807, 2.05) is 54.6 Å². The lowest BCUT2D eigenvalue weighted by Gasteiger charge is -2.22. The van der Waals surface area contributed by atoms with Crippen molar-refractivity contribution in [2.24, 2.45) is 0 Å². The van der Waals surface area contributed by atoms with E-state index < -0.39 is 0 Å². The first-order valence-electron chi connectivity index (χ1n) is 10.1. The number of amides is 2. The summed E-state index contributed by atoms with van der Waals surface area (Å²) in [4.78, 5) is 30.0. The summed E-state index contributed by atoms with van der Waals surface area (Å²) in [5.74, 6) is -0.459. The van der Waals surface area contributed by atoms with Gasteiger partial charge in [0.1, 0.15) is 0 Å². The molecule has 1 heterocycles. The van der Waals surface area contributed by atoms with Gasteiger partial charge < -0.3 is 10.1 Å². The summed E-state index contributed by atoms with van der Waals surface area (Å²) in [6.45, 7) is 1.03. The van der Waals surface area contributed by atoms with Crippen LogP contribution in [0.4, 0.5) is 0 Å². The Balaban J connectivity index is 1.29. The van der Waals surface area contributed by atoms with Gasteiger partial charge in [-0.15, -0.1) is 0 Å². The standard InChI is InChI=1S/C24H24N2O4/c27-23(21-13-12-18-5-1-2-6-20(18)15-21)25-16-17-8-10-19(11-9-17)24(28)26-30-22-7-3-4-14-29-22/h1-2,5-6,8-13,15,22H,3-4,7,14,16H2,(H,25,27)(H,26,28). The first-order chi connectivity index (χ1) is 14.7. The first-order valence-corrected chi connectivity index (χ1v) is 10.1. The molecule has 6 nitrogen and oxygen atoms in total. The Morgan fingerprint density at radius 1 is 0.900 bits per heavy atom. The molecular formula is C24H24N2O4. The number of ether oxygens (including phenoxy) is 1. The molecule has 1 atom stereocenters. The van der Waals surface area contributed by atoms with Gasteiger partial charge in [0.25, 0.3) is 11.8 Å². The molecule has 1 fully saturated rings. The molecule has 4 rings (SSSR count). The van der Waals surface area contributed by atoms with E-state index in [1.165, 1.54) is 0 Å². The highest BCUT2D eigenvalue weighted by molar-refractivity contribution is 5.98. The van der Waals surface area contributed by atoms with E-state index in [1.54, 1.807) is 12.1 Å². The number of rotatable bonds is 6. The monoisotopic (exact) mass is 404 g/mol. The van der Waals surface area contributed by atoms with Crippen LogP contribution < -0.4 is 10.8 Å². The molecule has 2 N–H and O–H groups in total. The topological polar surface area (TPSA) is 76.7 Å². The average molecular weight is 404 g/mol. The Morgan fingerprint density at radius 3 is 2.43 bits per heavy atom. The number of carbonyl (C=O) groups excluding carboxylic acids is 2. The summed E-state index contributed by atoms with van der Waals surface area (Å²) in [7, 11) is 0. The molecule has 1 unspecified atom stereocenters. The van der Waals surface area contributed by atoms with E-state index in [-0.39, 0.29) is 18.1 Å². The van der Waals surface area contributed by atoms with Gasteiger partial charge in [0.15, 0.2) is 6.29 Å². The first kappa shape index (κ1) is 20.1. The average Bonchev–Trinajstić information content (AvgIpc) is 2.81. The molecule has 1 aliphatic heterocycles. The Morgan fingerprint density at radius 2 is 1.67 bits per heavy atom. The van der Waals surface area contributed by atoms with Crippen LogP contribution in [0, 0.1) is 0 Å². The Hall–Kier alpha value is -3.22. The molecule has 30 heavy (non-hydrogen) atoms. The summed E-state index contributed by atoms with van der Waals surface area (Å²) in [6, 6.07) is 20.6. The van der Waals surface area contributed by atoms with Crippen molar-refractivity contribution in [1.29, 1.82) is 0 Å². The highest BCUT2D eigenvalue weighted by Gasteiger charge is 2.16. The minimum absolute atomic E-state index is 0.136. The minimum atomic E-state index is -0.382. The highest BCUT2D eigenvalue weighted by atomic mass is 16.8. The van der Waals surface area contributed by atoms with Crippen molar-refractivity contribution < 1.29 is 19.2 Å². The van der Waals surface area contributed by atoms with Gasteiger partial charge in [-0.25, -0.2) is 10.3 Å². The number of hydrogen-bond donors (Lipinski definition) is 2. The highest BCUT2D eigenvalue weighted by Crippen LogP contribution is 2.16. The fourth-order valence-corrected chi connectivity index (χ4v) is 3.37. The van der Waals surface area contributed by atoms with E-state index in [9.17, 15) is 9.59 Å². The molecule has 0 aliphatic carbocycles. The van der Waals surface area contributed by atoms with Crippen LogP contribution in [0.2, 0.25) is 0 Å². The summed E-state index contributed by atoms with van der Waals surface area (Å²) >= 11 is 0. The van der Waals surface area contributed by atoms with Crippen molar-refractivity contribution in [3.8, 4) is 0 Å². The van der Waals surface area contributed by atoms with Gasteiger partial charge in [-0.1, -0.05) is 42.5 Å². The van der Waals surface area contributed by atoms with E-state index in [0.29, 0.717) is 24.3 Å². The predicted octanol–water partition coefficient (Wildman–Crippen LogP) is 3.96. The largest absolute Gasteiger partial charge is 0.350 e. The molecule has 0 radical (unpaired) electrons. The van der Waals surface area contributed by atoms with Crippen molar-refractivity contribution in [2.45, 2.75) is 32.1 Å². The Kier molecular flexibility index (Phi) is 6.37. The molecule has 1 saturated heterocycles. The number of fused-ring (bicyclic) bond motifs is 1. The van der Waals surface area contributed by atoms with Gasteiger partial charge in [-0.2, -0.15) is 0 Å². The third-order valence-electron chi connectivity index (χ3n) is 5.10. The molecule has 6 heteroatoms. The summed E-state index contributed by atoms with van der Waals surface area (Å²) in [6.07, 6.45) is 2.44. The van der Waals surface area contributed by atoms with Crippen molar-refractivity contribution in [3.63, 3.8) is 0 Å². The van der Waals surface area contributed by atoms with Crippen LogP contribution in [-0.4, -0.2) is 24.7 Å². The molecular weight excluding hydrogens is 380 g/mol. The molecule has 0 spiro atoms. The minimum Gasteiger partial charge on any atom is -0.350 e. The molecule has 3 aromatic rings. The van der Waals surface area contributed by atoms with Crippen LogP contribution >= 0.6 is 0 Å². The fraction of sp³-hybridized carbons (Fsp3) is 0.250. The van der Waals surface area contributed by atoms with Crippen LogP contribution in [0.3, 0.4) is 0 Å². The lowest BCUT2D eigenvalue weighted by molar-refractivity contribution is -0.186. The Bertz CT molecular complexity index is 1030. The SMILES string of the molecule is O=C(NCc1ccc(C(=O)NOC2CCCCO2)cc1)c1ccc2ccccc2c1. The van der Waals surface area contributed by atoms with Gasteiger partial charge in [-0.05, 0) is 53.4 Å². The third-order valence-corrected chi connectivity index (χ3v) is 5.10. The quantitative estimate of drug-likeness (QED) is 0.610. The van der Waals surface area contributed by atoms with Crippen molar-refractivity contribution in [3.05, 3.63) is 83.4 Å². The van der Waals surface area contributed by atoms with Crippen LogP contribution in [0.1, 0.15) is 45.5 Å². The second-order valence-electron chi connectivity index (χ2n) is 7.29. The second kappa shape index (κ2) is 9.52. The number of carbonyl (C=O) groups is 2. The molecule has 2 amide bonds. The molecule has 0 aromatic heterocycles. The van der Waals surface area contributed by atoms with E-state index in [4.69, 9.17) is 9.57 Å². The van der Waals surface area contributed by atoms with Gasteiger partial charge in [0.05, 0.1) is 0 Å². The van der Waals surface area contributed by atoms with Gasteiger partial charge in [-0.3, -0.25) is 9.59 Å². The second-order valence-corrected chi connectivity index (χ2v) is 7.29. The zero-order chi connectivity index (χ0) is 20.8. The molecule has 0 saturated carbocycles. The number of nitrogens with one attached hydrogen (secondary N) is 2. The van der Waals surface area contributed by atoms with Gasteiger partial charge >= 0.3 is 0 Å². The van der Waals surface area contributed by atoms with Gasteiger partial charge in [0.2, 0.25) is 0 Å². The Labute approximate surface area is 175 Å². The van der Waals surface area contributed by atoms with E-state index >= 15 is 0 Å². The predicted molar refractivity (Wildman–Crippen MR) is 114 cm³/mol. The van der Waals surface area contributed by atoms with Gasteiger partial charge in [0, 0.05) is 30.7 Å². The fourth-order valence-electron chi connectivity index (χ4n) is 3.37. The maximum Gasteiger partial charge on any atom is 0.274 e. The van der Waals surface area contributed by atoms with E-state index in [0.717, 1.165) is 35.6 Å². The maximum atomic E-state index is 12.5. The summed E-state index contributed by atoms with van der Waals surface area (Å²) in [5, 5.41) is 5.04.